The van der Waals surface area contributed by atoms with Gasteiger partial charge in [-0.15, -0.1) is 0 Å². The molecule has 3 heteroatoms. The Bertz CT molecular complexity index is 380. The van der Waals surface area contributed by atoms with Crippen molar-refractivity contribution < 1.29 is 8.85 Å². The molecular weight excluding hydrogens is 264 g/mol. The Morgan fingerprint density at radius 2 is 1.85 bits per heavy atom. The second-order valence-corrected chi connectivity index (χ2v) is 8.56. The van der Waals surface area contributed by atoms with Crippen molar-refractivity contribution >= 4 is 14.6 Å². The molecule has 1 unspecified atom stereocenters. The molecule has 1 aromatic rings. The molecule has 0 radical (unpaired) electrons. The van der Waals surface area contributed by atoms with Crippen molar-refractivity contribution in [2.45, 2.75) is 45.7 Å². The maximum Gasteiger partial charge on any atom is 0.334 e. The van der Waals surface area contributed by atoms with Crippen LogP contribution in [0, 0.1) is 0 Å². The Hall–Kier alpha value is -0.903. The minimum Gasteiger partial charge on any atom is -0.395 e. The largest absolute Gasteiger partial charge is 0.395 e. The molecule has 1 rings (SSSR count). The van der Waals surface area contributed by atoms with Gasteiger partial charge >= 0.3 is 8.56 Å². The van der Waals surface area contributed by atoms with Crippen molar-refractivity contribution in [2.75, 3.05) is 13.2 Å². The quantitative estimate of drug-likeness (QED) is 0.455. The Kier molecular flexibility index (Phi) is 7.81. The fraction of sp³-hybridized carbons (Fsp3) is 0.529. The van der Waals surface area contributed by atoms with Gasteiger partial charge in [-0.1, -0.05) is 50.3 Å². The van der Waals surface area contributed by atoms with Gasteiger partial charge in [0.1, 0.15) is 0 Å². The molecular formula is C17H28O2Si. The van der Waals surface area contributed by atoms with E-state index in [0.29, 0.717) is 0 Å². The van der Waals surface area contributed by atoms with Crippen molar-refractivity contribution in [3.63, 3.8) is 0 Å². The zero-order valence-corrected chi connectivity index (χ0v) is 14.2. The van der Waals surface area contributed by atoms with Gasteiger partial charge in [-0.25, -0.2) is 0 Å². The molecule has 0 aliphatic rings. The SMILES string of the molecule is C=Cc1ccc(CCCO[Si](C)(CCC)OCC)cc1. The summed E-state index contributed by atoms with van der Waals surface area (Å²) in [5.74, 6) is 0. The molecule has 0 aliphatic heterocycles. The third-order valence-electron chi connectivity index (χ3n) is 3.39. The average molecular weight is 292 g/mol. The van der Waals surface area contributed by atoms with Crippen LogP contribution in [0.3, 0.4) is 0 Å². The molecule has 0 N–H and O–H groups in total. The van der Waals surface area contributed by atoms with Gasteiger partial charge in [0, 0.05) is 13.2 Å². The molecule has 0 heterocycles. The van der Waals surface area contributed by atoms with Crippen molar-refractivity contribution in [1.82, 2.24) is 0 Å². The van der Waals surface area contributed by atoms with Crippen LogP contribution in [0.4, 0.5) is 0 Å². The summed E-state index contributed by atoms with van der Waals surface area (Å²) in [6.45, 7) is 11.7. The van der Waals surface area contributed by atoms with Gasteiger partial charge in [-0.05, 0) is 43.5 Å². The zero-order valence-electron chi connectivity index (χ0n) is 13.2. The maximum atomic E-state index is 6.08. The van der Waals surface area contributed by atoms with Gasteiger partial charge < -0.3 is 8.85 Å². The minimum atomic E-state index is -1.92. The number of hydrogen-bond acceptors (Lipinski definition) is 2. The van der Waals surface area contributed by atoms with E-state index in [9.17, 15) is 0 Å². The molecule has 1 atom stereocenters. The maximum absolute atomic E-state index is 6.08. The molecule has 20 heavy (non-hydrogen) atoms. The third-order valence-corrected chi connectivity index (χ3v) is 6.51. The molecule has 0 fully saturated rings. The van der Waals surface area contributed by atoms with E-state index in [2.05, 4.69) is 44.3 Å². The third kappa shape index (κ3) is 6.03. The van der Waals surface area contributed by atoms with Crippen LogP contribution in [-0.4, -0.2) is 21.8 Å². The van der Waals surface area contributed by atoms with E-state index in [0.717, 1.165) is 38.5 Å². The predicted octanol–water partition coefficient (Wildman–Crippen LogP) is 4.80. The van der Waals surface area contributed by atoms with Gasteiger partial charge in [0.2, 0.25) is 0 Å². The molecule has 0 aromatic heterocycles. The van der Waals surface area contributed by atoms with Crippen molar-refractivity contribution in [3.8, 4) is 0 Å². The molecule has 2 nitrogen and oxygen atoms in total. The van der Waals surface area contributed by atoms with Gasteiger partial charge in [0.15, 0.2) is 0 Å². The van der Waals surface area contributed by atoms with E-state index in [4.69, 9.17) is 8.85 Å². The smallest absolute Gasteiger partial charge is 0.334 e. The summed E-state index contributed by atoms with van der Waals surface area (Å²) < 4.78 is 11.9. The number of benzene rings is 1. The summed E-state index contributed by atoms with van der Waals surface area (Å²) >= 11 is 0. The van der Waals surface area contributed by atoms with Gasteiger partial charge in [0.25, 0.3) is 0 Å². The highest BCUT2D eigenvalue weighted by Gasteiger charge is 2.29. The first-order valence-electron chi connectivity index (χ1n) is 7.63. The Balaban J connectivity index is 2.33. The average Bonchev–Trinajstić information content (AvgIpc) is 2.45. The molecule has 0 spiro atoms. The highest BCUT2D eigenvalue weighted by atomic mass is 28.4. The number of hydrogen-bond donors (Lipinski definition) is 0. The lowest BCUT2D eigenvalue weighted by atomic mass is 10.1. The standard InChI is InChI=1S/C17H28O2Si/c1-5-15-20(4,18-7-3)19-14-8-9-17-12-10-16(6-2)11-13-17/h6,10-13H,2,5,7-9,14-15H2,1,3-4H3. The minimum absolute atomic E-state index is 0.756. The fourth-order valence-corrected chi connectivity index (χ4v) is 4.80. The molecule has 0 aliphatic carbocycles. The van der Waals surface area contributed by atoms with E-state index >= 15 is 0 Å². The van der Waals surface area contributed by atoms with Gasteiger partial charge in [-0.2, -0.15) is 0 Å². The first-order valence-corrected chi connectivity index (χ1v) is 10.1. The highest BCUT2D eigenvalue weighted by molar-refractivity contribution is 6.66. The van der Waals surface area contributed by atoms with Crippen LogP contribution in [0.2, 0.25) is 12.6 Å². The van der Waals surface area contributed by atoms with E-state index in [1.807, 2.05) is 13.0 Å². The first kappa shape index (κ1) is 17.1. The predicted molar refractivity (Wildman–Crippen MR) is 89.1 cm³/mol. The Morgan fingerprint density at radius 1 is 1.15 bits per heavy atom. The van der Waals surface area contributed by atoms with Crippen molar-refractivity contribution in [1.29, 1.82) is 0 Å². The summed E-state index contributed by atoms with van der Waals surface area (Å²) in [5, 5.41) is 0. The van der Waals surface area contributed by atoms with E-state index in [-0.39, 0.29) is 0 Å². The lowest BCUT2D eigenvalue weighted by Gasteiger charge is -2.26. The van der Waals surface area contributed by atoms with Crippen LogP contribution >= 0.6 is 0 Å². The van der Waals surface area contributed by atoms with Crippen LogP contribution in [0.15, 0.2) is 30.8 Å². The highest BCUT2D eigenvalue weighted by Crippen LogP contribution is 2.16. The normalized spacial score (nSPS) is 13.9. The Morgan fingerprint density at radius 3 is 2.40 bits per heavy atom. The second kappa shape index (κ2) is 9.11. The molecule has 0 bridgehead atoms. The second-order valence-electron chi connectivity index (χ2n) is 5.21. The topological polar surface area (TPSA) is 18.5 Å². The van der Waals surface area contributed by atoms with Crippen LogP contribution in [0.1, 0.15) is 37.8 Å². The zero-order chi connectivity index (χ0) is 14.8. The molecule has 0 amide bonds. The van der Waals surface area contributed by atoms with Crippen molar-refractivity contribution in [2.24, 2.45) is 0 Å². The summed E-state index contributed by atoms with van der Waals surface area (Å²) in [7, 11) is -1.92. The lowest BCUT2D eigenvalue weighted by Crippen LogP contribution is -2.38. The van der Waals surface area contributed by atoms with Crippen LogP contribution in [0.5, 0.6) is 0 Å². The number of aryl methyl sites for hydroxylation is 1. The Labute approximate surface area is 125 Å². The monoisotopic (exact) mass is 292 g/mol. The molecule has 1 aromatic carbocycles. The van der Waals surface area contributed by atoms with E-state index < -0.39 is 8.56 Å². The van der Waals surface area contributed by atoms with Crippen LogP contribution < -0.4 is 0 Å². The molecule has 112 valence electrons. The summed E-state index contributed by atoms with van der Waals surface area (Å²) in [6.07, 6.45) is 5.11. The van der Waals surface area contributed by atoms with Crippen LogP contribution in [-0.2, 0) is 15.3 Å². The number of rotatable bonds is 10. The van der Waals surface area contributed by atoms with Gasteiger partial charge in [-0.3, -0.25) is 0 Å². The summed E-state index contributed by atoms with van der Waals surface area (Å²) in [5.41, 5.74) is 2.53. The molecule has 0 saturated heterocycles. The lowest BCUT2D eigenvalue weighted by molar-refractivity contribution is 0.178. The van der Waals surface area contributed by atoms with Crippen molar-refractivity contribution in [3.05, 3.63) is 42.0 Å². The van der Waals surface area contributed by atoms with Gasteiger partial charge in [0.05, 0.1) is 0 Å². The van der Waals surface area contributed by atoms with E-state index in [1.165, 1.54) is 11.1 Å². The fourth-order valence-electron chi connectivity index (χ4n) is 2.33. The summed E-state index contributed by atoms with van der Waals surface area (Å²) in [4.78, 5) is 0. The molecule has 0 saturated carbocycles. The van der Waals surface area contributed by atoms with Crippen LogP contribution in [0.25, 0.3) is 6.08 Å². The summed E-state index contributed by atoms with van der Waals surface area (Å²) in [6, 6.07) is 9.64. The first-order chi connectivity index (χ1) is 9.63. The van der Waals surface area contributed by atoms with E-state index in [1.54, 1.807) is 0 Å².